The SMILES string of the molecule is O=C(CC1(C(=O)O)CCC1)N[C@@H]1CCOc2c(F)cccc21. The third-order valence-electron chi connectivity index (χ3n) is 4.62. The van der Waals surface area contributed by atoms with E-state index < -0.39 is 17.2 Å². The fourth-order valence-corrected chi connectivity index (χ4v) is 3.16. The molecule has 1 heterocycles. The topological polar surface area (TPSA) is 75.6 Å². The highest BCUT2D eigenvalue weighted by atomic mass is 19.1. The van der Waals surface area contributed by atoms with E-state index in [1.165, 1.54) is 6.07 Å². The number of aliphatic carboxylic acids is 1. The summed E-state index contributed by atoms with van der Waals surface area (Å²) in [6, 6.07) is 4.28. The Labute approximate surface area is 127 Å². The van der Waals surface area contributed by atoms with E-state index in [9.17, 15) is 19.1 Å². The van der Waals surface area contributed by atoms with E-state index in [0.717, 1.165) is 6.42 Å². The zero-order valence-electron chi connectivity index (χ0n) is 12.1. The van der Waals surface area contributed by atoms with Crippen LogP contribution in [-0.4, -0.2) is 23.6 Å². The number of fused-ring (bicyclic) bond motifs is 1. The molecular weight excluding hydrogens is 289 g/mol. The summed E-state index contributed by atoms with van der Waals surface area (Å²) < 4.78 is 19.0. The van der Waals surface area contributed by atoms with Gasteiger partial charge in [0.2, 0.25) is 5.91 Å². The lowest BCUT2D eigenvalue weighted by Gasteiger charge is -2.37. The number of halogens is 1. The van der Waals surface area contributed by atoms with Crippen LogP contribution in [0.25, 0.3) is 0 Å². The minimum atomic E-state index is -0.917. The van der Waals surface area contributed by atoms with Gasteiger partial charge in [-0.25, -0.2) is 4.39 Å². The number of para-hydroxylation sites is 1. The zero-order chi connectivity index (χ0) is 15.7. The Morgan fingerprint density at radius 1 is 1.41 bits per heavy atom. The summed E-state index contributed by atoms with van der Waals surface area (Å²) in [7, 11) is 0. The number of carboxylic acid groups (broad SMARTS) is 1. The van der Waals surface area contributed by atoms with Gasteiger partial charge < -0.3 is 15.2 Å². The van der Waals surface area contributed by atoms with Crippen molar-refractivity contribution in [3.63, 3.8) is 0 Å². The van der Waals surface area contributed by atoms with Crippen LogP contribution in [0, 0.1) is 11.2 Å². The van der Waals surface area contributed by atoms with Crippen molar-refractivity contribution >= 4 is 11.9 Å². The fraction of sp³-hybridized carbons (Fsp3) is 0.500. The average molecular weight is 307 g/mol. The highest BCUT2D eigenvalue weighted by Crippen LogP contribution is 2.44. The van der Waals surface area contributed by atoms with Gasteiger partial charge in [-0.3, -0.25) is 9.59 Å². The first-order valence-electron chi connectivity index (χ1n) is 7.46. The van der Waals surface area contributed by atoms with Crippen LogP contribution in [0.5, 0.6) is 5.75 Å². The van der Waals surface area contributed by atoms with Crippen LogP contribution in [-0.2, 0) is 9.59 Å². The molecule has 0 unspecified atom stereocenters. The summed E-state index contributed by atoms with van der Waals surface area (Å²) in [5.41, 5.74) is -0.308. The molecule has 118 valence electrons. The van der Waals surface area contributed by atoms with Crippen molar-refractivity contribution in [3.05, 3.63) is 29.6 Å². The van der Waals surface area contributed by atoms with Gasteiger partial charge in [-0.2, -0.15) is 0 Å². The lowest BCUT2D eigenvalue weighted by molar-refractivity contribution is -0.157. The quantitative estimate of drug-likeness (QED) is 0.895. The van der Waals surface area contributed by atoms with Gasteiger partial charge in [0, 0.05) is 18.4 Å². The summed E-state index contributed by atoms with van der Waals surface area (Å²) in [5.74, 6) is -1.48. The Morgan fingerprint density at radius 2 is 2.18 bits per heavy atom. The maximum Gasteiger partial charge on any atom is 0.310 e. The van der Waals surface area contributed by atoms with Crippen molar-refractivity contribution in [2.24, 2.45) is 5.41 Å². The predicted octanol–water partition coefficient (Wildman–Crippen LogP) is 2.41. The summed E-state index contributed by atoms with van der Waals surface area (Å²) in [5, 5.41) is 12.1. The number of hydrogen-bond donors (Lipinski definition) is 2. The molecule has 2 N–H and O–H groups in total. The maximum atomic E-state index is 13.7. The Bertz CT molecular complexity index is 612. The number of hydrogen-bond acceptors (Lipinski definition) is 3. The van der Waals surface area contributed by atoms with Crippen molar-refractivity contribution in [1.29, 1.82) is 0 Å². The van der Waals surface area contributed by atoms with Gasteiger partial charge >= 0.3 is 5.97 Å². The molecule has 1 aliphatic heterocycles. The van der Waals surface area contributed by atoms with Crippen LogP contribution >= 0.6 is 0 Å². The predicted molar refractivity (Wildman–Crippen MR) is 75.9 cm³/mol. The molecule has 0 saturated heterocycles. The van der Waals surface area contributed by atoms with Crippen LogP contribution in [0.4, 0.5) is 4.39 Å². The largest absolute Gasteiger partial charge is 0.490 e. The van der Waals surface area contributed by atoms with Crippen LogP contribution in [0.15, 0.2) is 18.2 Å². The summed E-state index contributed by atoms with van der Waals surface area (Å²) >= 11 is 0. The molecule has 1 amide bonds. The number of benzene rings is 1. The highest BCUT2D eigenvalue weighted by Gasteiger charge is 2.46. The third-order valence-corrected chi connectivity index (χ3v) is 4.62. The molecule has 0 bridgehead atoms. The molecule has 1 fully saturated rings. The molecule has 0 spiro atoms. The van der Waals surface area contributed by atoms with Crippen LogP contribution in [0.1, 0.15) is 43.7 Å². The van der Waals surface area contributed by atoms with Gasteiger partial charge in [-0.15, -0.1) is 0 Å². The van der Waals surface area contributed by atoms with E-state index in [0.29, 0.717) is 31.4 Å². The number of nitrogens with one attached hydrogen (secondary N) is 1. The van der Waals surface area contributed by atoms with Gasteiger partial charge in [0.15, 0.2) is 11.6 Å². The molecular formula is C16H18FNO4. The van der Waals surface area contributed by atoms with Crippen molar-refractivity contribution < 1.29 is 23.8 Å². The van der Waals surface area contributed by atoms with Crippen molar-refractivity contribution in [3.8, 4) is 5.75 Å². The molecule has 0 aromatic heterocycles. The molecule has 5 nitrogen and oxygen atoms in total. The second-order valence-corrected chi connectivity index (χ2v) is 6.03. The first-order valence-corrected chi connectivity index (χ1v) is 7.46. The molecule has 3 rings (SSSR count). The lowest BCUT2D eigenvalue weighted by Crippen LogP contribution is -2.43. The van der Waals surface area contributed by atoms with E-state index >= 15 is 0 Å². The minimum Gasteiger partial charge on any atom is -0.490 e. The van der Waals surface area contributed by atoms with Crippen molar-refractivity contribution in [2.75, 3.05) is 6.61 Å². The third kappa shape index (κ3) is 2.53. The molecule has 0 radical (unpaired) electrons. The van der Waals surface area contributed by atoms with Crippen molar-refractivity contribution in [1.82, 2.24) is 5.32 Å². The zero-order valence-corrected chi connectivity index (χ0v) is 12.1. The van der Waals surface area contributed by atoms with Gasteiger partial charge in [-0.05, 0) is 18.9 Å². The molecule has 1 aromatic rings. The summed E-state index contributed by atoms with van der Waals surface area (Å²) in [6.07, 6.45) is 2.43. The second-order valence-electron chi connectivity index (χ2n) is 6.03. The second kappa shape index (κ2) is 5.59. The Kier molecular flexibility index (Phi) is 3.76. The average Bonchev–Trinajstić information content (AvgIpc) is 2.44. The van der Waals surface area contributed by atoms with Crippen LogP contribution in [0.3, 0.4) is 0 Å². The molecule has 22 heavy (non-hydrogen) atoms. The van der Waals surface area contributed by atoms with E-state index in [1.54, 1.807) is 12.1 Å². The van der Waals surface area contributed by atoms with E-state index in [4.69, 9.17) is 4.74 Å². The van der Waals surface area contributed by atoms with Crippen LogP contribution in [0.2, 0.25) is 0 Å². The smallest absolute Gasteiger partial charge is 0.310 e. The highest BCUT2D eigenvalue weighted by molar-refractivity contribution is 5.85. The first-order chi connectivity index (χ1) is 10.5. The van der Waals surface area contributed by atoms with Crippen LogP contribution < -0.4 is 10.1 Å². The van der Waals surface area contributed by atoms with Gasteiger partial charge in [0.25, 0.3) is 0 Å². The van der Waals surface area contributed by atoms with Gasteiger partial charge in [0.1, 0.15) is 0 Å². The minimum absolute atomic E-state index is 0.0235. The van der Waals surface area contributed by atoms with E-state index in [2.05, 4.69) is 5.32 Å². The number of amides is 1. The number of carbonyl (C=O) groups excluding carboxylic acids is 1. The molecule has 1 aliphatic carbocycles. The molecule has 6 heteroatoms. The fourth-order valence-electron chi connectivity index (χ4n) is 3.16. The van der Waals surface area contributed by atoms with E-state index in [1.807, 2.05) is 0 Å². The molecule has 1 atom stereocenters. The molecule has 2 aliphatic rings. The van der Waals surface area contributed by atoms with Crippen molar-refractivity contribution in [2.45, 2.75) is 38.1 Å². The Morgan fingerprint density at radius 3 is 2.82 bits per heavy atom. The maximum absolute atomic E-state index is 13.7. The monoisotopic (exact) mass is 307 g/mol. The number of rotatable bonds is 4. The van der Waals surface area contributed by atoms with Gasteiger partial charge in [0.05, 0.1) is 18.1 Å². The summed E-state index contributed by atoms with van der Waals surface area (Å²) in [4.78, 5) is 23.5. The van der Waals surface area contributed by atoms with E-state index in [-0.39, 0.29) is 24.1 Å². The summed E-state index contributed by atoms with van der Waals surface area (Å²) in [6.45, 7) is 0.322. The number of ether oxygens (including phenoxy) is 1. The Balaban J connectivity index is 1.71. The molecule has 1 saturated carbocycles. The normalized spacial score (nSPS) is 22.0. The number of carbonyl (C=O) groups is 2. The molecule has 1 aromatic carbocycles. The first kappa shape index (κ1) is 14.8. The Hall–Kier alpha value is -2.11. The standard InChI is InChI=1S/C16H18FNO4/c17-11-4-1-3-10-12(5-8-22-14(10)11)18-13(19)9-16(15(20)21)6-2-7-16/h1,3-4,12H,2,5-9H2,(H,18,19)(H,20,21)/t12-/m1/s1. The lowest BCUT2D eigenvalue weighted by atomic mass is 9.66. The number of carboxylic acids is 1. The van der Waals surface area contributed by atoms with Gasteiger partial charge in [-0.1, -0.05) is 18.6 Å².